The molecule has 2 aromatic carbocycles. The molecule has 0 spiro atoms. The Balaban J connectivity index is 1.40. The van der Waals surface area contributed by atoms with Crippen LogP contribution in [-0.2, 0) is 16.1 Å². The average Bonchev–Trinajstić information content (AvgIpc) is 3.30. The van der Waals surface area contributed by atoms with Crippen LogP contribution in [-0.4, -0.2) is 38.4 Å². The van der Waals surface area contributed by atoms with Crippen molar-refractivity contribution >= 4 is 29.5 Å². The maximum Gasteiger partial charge on any atom is 0.256 e. The van der Waals surface area contributed by atoms with Crippen LogP contribution in [0, 0.1) is 0 Å². The van der Waals surface area contributed by atoms with E-state index in [1.807, 2.05) is 74.5 Å². The van der Waals surface area contributed by atoms with Gasteiger partial charge in [0, 0.05) is 29.2 Å². The van der Waals surface area contributed by atoms with E-state index in [0.29, 0.717) is 17.7 Å². The zero-order valence-corrected chi connectivity index (χ0v) is 20.3. The zero-order chi connectivity index (χ0) is 24.6. The fourth-order valence-electron chi connectivity index (χ4n) is 4.76. The van der Waals surface area contributed by atoms with Crippen molar-refractivity contribution in [2.24, 2.45) is 0 Å². The summed E-state index contributed by atoms with van der Waals surface area (Å²) in [4.78, 5) is 46.0. The molecule has 5 rings (SSSR count). The van der Waals surface area contributed by atoms with Gasteiger partial charge in [-0.05, 0) is 48.7 Å². The summed E-state index contributed by atoms with van der Waals surface area (Å²) < 4.78 is -0.535. The van der Waals surface area contributed by atoms with E-state index in [-0.39, 0.29) is 23.1 Å². The number of rotatable bonds is 6. The van der Waals surface area contributed by atoms with Crippen LogP contribution in [0.3, 0.4) is 0 Å². The van der Waals surface area contributed by atoms with E-state index in [4.69, 9.17) is 0 Å². The van der Waals surface area contributed by atoms with E-state index < -0.39 is 16.8 Å². The maximum absolute atomic E-state index is 13.8. The Kier molecular flexibility index (Phi) is 6.06. The number of amides is 3. The number of hydrogen-bond donors (Lipinski definition) is 2. The van der Waals surface area contributed by atoms with Gasteiger partial charge in [-0.25, -0.2) is 0 Å². The lowest BCUT2D eigenvalue weighted by molar-refractivity contribution is -0.132. The van der Waals surface area contributed by atoms with Gasteiger partial charge in [0.15, 0.2) is 0 Å². The Morgan fingerprint density at radius 2 is 1.71 bits per heavy atom. The molecule has 0 radical (unpaired) electrons. The average molecular weight is 487 g/mol. The summed E-state index contributed by atoms with van der Waals surface area (Å²) >= 11 is 1.60. The number of pyridine rings is 1. The molecule has 0 bridgehead atoms. The minimum atomic E-state index is -0.898. The number of nitrogens with zero attached hydrogens (tertiary/aromatic N) is 2. The molecule has 2 aliphatic rings. The molecule has 0 aliphatic carbocycles. The molecule has 35 heavy (non-hydrogen) atoms. The molecule has 178 valence electrons. The molecule has 3 aromatic rings. The highest BCUT2D eigenvalue weighted by Gasteiger charge is 2.57. The maximum atomic E-state index is 13.8. The van der Waals surface area contributed by atoms with Gasteiger partial charge in [-0.3, -0.25) is 19.4 Å². The van der Waals surface area contributed by atoms with Crippen LogP contribution in [0.4, 0.5) is 0 Å². The van der Waals surface area contributed by atoms with E-state index in [1.54, 1.807) is 35.1 Å². The first-order chi connectivity index (χ1) is 16.9. The molecular formula is C27H26N4O3S. The number of carbonyl (C=O) groups excluding carboxylic acids is 3. The molecule has 2 N–H and O–H groups in total. The van der Waals surface area contributed by atoms with Crippen LogP contribution in [0.15, 0.2) is 79.1 Å². The second-order valence-corrected chi connectivity index (χ2v) is 10.9. The summed E-state index contributed by atoms with van der Waals surface area (Å²) in [7, 11) is 0. The van der Waals surface area contributed by atoms with Gasteiger partial charge in [0.05, 0.1) is 0 Å². The summed E-state index contributed by atoms with van der Waals surface area (Å²) in [6.45, 7) is 4.25. The van der Waals surface area contributed by atoms with Crippen molar-refractivity contribution in [2.45, 2.75) is 42.6 Å². The van der Waals surface area contributed by atoms with Crippen LogP contribution in [0.2, 0.25) is 0 Å². The van der Waals surface area contributed by atoms with Crippen LogP contribution < -0.4 is 10.6 Å². The number of thioether (sulfide) groups is 1. The third-order valence-corrected chi connectivity index (χ3v) is 7.98. The largest absolute Gasteiger partial charge is 0.350 e. The van der Waals surface area contributed by atoms with Crippen molar-refractivity contribution in [3.05, 3.63) is 101 Å². The van der Waals surface area contributed by atoms with E-state index in [0.717, 1.165) is 11.1 Å². The summed E-state index contributed by atoms with van der Waals surface area (Å²) in [5, 5.41) is 5.65. The number of carbonyl (C=O) groups is 3. The topological polar surface area (TPSA) is 91.4 Å². The van der Waals surface area contributed by atoms with E-state index in [1.165, 1.54) is 0 Å². The highest BCUT2D eigenvalue weighted by atomic mass is 32.2. The minimum absolute atomic E-state index is 0.151. The molecule has 1 fully saturated rings. The van der Waals surface area contributed by atoms with Gasteiger partial charge in [0.25, 0.3) is 5.91 Å². The number of benzene rings is 2. The summed E-state index contributed by atoms with van der Waals surface area (Å²) in [5.41, 5.74) is 3.14. The summed E-state index contributed by atoms with van der Waals surface area (Å²) in [6, 6.07) is 18.7. The number of hydrogen-bond acceptors (Lipinski definition) is 5. The monoisotopic (exact) mass is 486 g/mol. The predicted molar refractivity (Wildman–Crippen MR) is 134 cm³/mol. The highest BCUT2D eigenvalue weighted by Crippen LogP contribution is 2.56. The SMILES string of the molecule is CC1(C)SC2c3ccccc3C(=O)N2C1C(=O)NC(C(=O)NCc1ccncc1)c1ccccc1. The molecule has 3 amide bonds. The predicted octanol–water partition coefficient (Wildman–Crippen LogP) is 3.60. The molecule has 0 saturated carbocycles. The third kappa shape index (κ3) is 4.30. The molecule has 3 atom stereocenters. The van der Waals surface area contributed by atoms with Gasteiger partial charge < -0.3 is 15.5 Å². The highest BCUT2D eigenvalue weighted by molar-refractivity contribution is 8.01. The Bertz CT molecular complexity index is 1270. The zero-order valence-electron chi connectivity index (χ0n) is 19.5. The molecule has 8 heteroatoms. The van der Waals surface area contributed by atoms with Crippen LogP contribution >= 0.6 is 11.8 Å². The van der Waals surface area contributed by atoms with Gasteiger partial charge >= 0.3 is 0 Å². The smallest absolute Gasteiger partial charge is 0.256 e. The second-order valence-electron chi connectivity index (χ2n) is 9.20. The van der Waals surface area contributed by atoms with Crippen molar-refractivity contribution in [3.63, 3.8) is 0 Å². The molecule has 3 unspecified atom stereocenters. The first kappa shape index (κ1) is 23.1. The first-order valence-electron chi connectivity index (χ1n) is 11.5. The minimum Gasteiger partial charge on any atom is -0.350 e. The Hall–Kier alpha value is -3.65. The van der Waals surface area contributed by atoms with Crippen LogP contribution in [0.25, 0.3) is 0 Å². The van der Waals surface area contributed by atoms with Crippen molar-refractivity contribution < 1.29 is 14.4 Å². The van der Waals surface area contributed by atoms with Gasteiger partial charge in [-0.1, -0.05) is 48.5 Å². The Morgan fingerprint density at radius 1 is 1.03 bits per heavy atom. The molecule has 2 aliphatic heterocycles. The van der Waals surface area contributed by atoms with E-state index in [2.05, 4.69) is 15.6 Å². The van der Waals surface area contributed by atoms with Crippen molar-refractivity contribution in [3.8, 4) is 0 Å². The third-order valence-electron chi connectivity index (χ3n) is 6.44. The Morgan fingerprint density at radius 3 is 2.46 bits per heavy atom. The first-order valence-corrected chi connectivity index (χ1v) is 12.4. The van der Waals surface area contributed by atoms with Gasteiger partial charge in [-0.2, -0.15) is 0 Å². The quantitative estimate of drug-likeness (QED) is 0.556. The van der Waals surface area contributed by atoms with Gasteiger partial charge in [-0.15, -0.1) is 11.8 Å². The second kappa shape index (κ2) is 9.19. The lowest BCUT2D eigenvalue weighted by atomic mass is 9.99. The number of aromatic nitrogens is 1. The molecule has 3 heterocycles. The standard InChI is InChI=1S/C27H26N4O3S/c1-27(2)22(31-25(34)19-10-6-7-11-20(19)26(31)35-27)24(33)30-21(18-8-4-3-5-9-18)23(32)29-16-17-12-14-28-15-13-17/h3-15,21-22,26H,16H2,1-2H3,(H,29,32)(H,30,33). The molecule has 1 aromatic heterocycles. The Labute approximate surface area is 208 Å². The van der Waals surface area contributed by atoms with Crippen molar-refractivity contribution in [1.29, 1.82) is 0 Å². The number of nitrogens with one attached hydrogen (secondary N) is 2. The number of fused-ring (bicyclic) bond motifs is 3. The lowest BCUT2D eigenvalue weighted by Crippen LogP contribution is -2.54. The van der Waals surface area contributed by atoms with Crippen LogP contribution in [0.5, 0.6) is 0 Å². The van der Waals surface area contributed by atoms with Crippen molar-refractivity contribution in [1.82, 2.24) is 20.5 Å². The van der Waals surface area contributed by atoms with E-state index in [9.17, 15) is 14.4 Å². The summed E-state index contributed by atoms with van der Waals surface area (Å²) in [5.74, 6) is -0.821. The fourth-order valence-corrected chi connectivity index (χ4v) is 6.35. The summed E-state index contributed by atoms with van der Waals surface area (Å²) in [6.07, 6.45) is 3.33. The lowest BCUT2D eigenvalue weighted by Gasteiger charge is -2.31. The van der Waals surface area contributed by atoms with E-state index >= 15 is 0 Å². The fraction of sp³-hybridized carbons (Fsp3) is 0.259. The molecule has 7 nitrogen and oxygen atoms in total. The van der Waals surface area contributed by atoms with Crippen molar-refractivity contribution in [2.75, 3.05) is 0 Å². The normalized spacial score (nSPS) is 20.6. The molecular weight excluding hydrogens is 460 g/mol. The van der Waals surface area contributed by atoms with Gasteiger partial charge in [0.2, 0.25) is 11.8 Å². The van der Waals surface area contributed by atoms with Crippen LogP contribution in [0.1, 0.15) is 52.3 Å². The molecule has 1 saturated heterocycles. The van der Waals surface area contributed by atoms with Gasteiger partial charge in [0.1, 0.15) is 17.5 Å².